The van der Waals surface area contributed by atoms with Gasteiger partial charge in [0.25, 0.3) is 0 Å². The molecule has 0 aromatic heterocycles. The topological polar surface area (TPSA) is 210 Å². The second kappa shape index (κ2) is 34.6. The van der Waals surface area contributed by atoms with Gasteiger partial charge in [-0.15, -0.1) is 0 Å². The summed E-state index contributed by atoms with van der Waals surface area (Å²) < 4.78 is 40.5. The summed E-state index contributed by atoms with van der Waals surface area (Å²) >= 11 is 0. The molecule has 0 unspecified atom stereocenters. The van der Waals surface area contributed by atoms with Gasteiger partial charge < -0.3 is 37.9 Å². The first kappa shape index (κ1) is 66.0. The standard InChI is InChI=1S/C20H16O4.C19H18O6.C15H14O3.C10H10O3.C6H6/c1-13(21)14-5-8-18(9-6-14)24-20(22)17-4-3-16-12-19(23-2)10-7-15(16)11-17;1-13(20)14-7-9-17(10-8-14)25-19(22)16-5-3-15(4-6-16)18(21)24-12-11-23-2;1-11(16)18-15-9-5-13(6-10-15)12-3-7-14(17-2)8-4-12;1-7(11)9-3-5-10(6-4-9)13-8(2)12;1-2-4-6-5-3-1/h3-12H,1-2H3;3-10H,11-12H2,1-2H3;3-10H,1-2H3;3-6H,1-2H3;1-6H. The van der Waals surface area contributed by atoms with Gasteiger partial charge in [0.05, 0.1) is 37.5 Å². The van der Waals surface area contributed by atoms with Crippen LogP contribution in [0.3, 0.4) is 0 Å². The minimum absolute atomic E-state index is 0.00521. The minimum atomic E-state index is -0.560. The van der Waals surface area contributed by atoms with E-state index in [4.69, 9.17) is 37.9 Å². The molecule has 0 bridgehead atoms. The molecule has 16 heteroatoms. The van der Waals surface area contributed by atoms with Gasteiger partial charge in [-0.2, -0.15) is 0 Å². The van der Waals surface area contributed by atoms with Gasteiger partial charge in [-0.3, -0.25) is 24.0 Å². The van der Waals surface area contributed by atoms with E-state index >= 15 is 0 Å². The molecule has 0 aliphatic carbocycles. The van der Waals surface area contributed by atoms with Crippen LogP contribution in [0.5, 0.6) is 34.5 Å². The van der Waals surface area contributed by atoms with Gasteiger partial charge in [-0.1, -0.05) is 72.8 Å². The van der Waals surface area contributed by atoms with Crippen LogP contribution in [-0.2, 0) is 19.1 Å². The Morgan fingerprint density at radius 2 is 0.593 bits per heavy atom. The molecular formula is C70H64O16. The molecule has 0 radical (unpaired) electrons. The molecule has 0 fully saturated rings. The van der Waals surface area contributed by atoms with E-state index in [0.717, 1.165) is 33.4 Å². The molecule has 0 aliphatic heterocycles. The van der Waals surface area contributed by atoms with Gasteiger partial charge in [-0.05, 0) is 188 Å². The summed E-state index contributed by atoms with van der Waals surface area (Å²) in [5.41, 5.74) is 4.96. The van der Waals surface area contributed by atoms with Gasteiger partial charge in [0, 0.05) is 37.6 Å². The van der Waals surface area contributed by atoms with E-state index in [-0.39, 0.29) is 35.9 Å². The molecule has 0 amide bonds. The van der Waals surface area contributed by atoms with E-state index in [9.17, 15) is 38.4 Å². The van der Waals surface area contributed by atoms with Crippen molar-refractivity contribution < 1.29 is 76.3 Å². The minimum Gasteiger partial charge on any atom is -0.497 e. The van der Waals surface area contributed by atoms with Gasteiger partial charge in [0.2, 0.25) is 0 Å². The predicted octanol–water partition coefficient (Wildman–Crippen LogP) is 14.0. The summed E-state index contributed by atoms with van der Waals surface area (Å²) in [4.78, 5) is 90.8. The predicted molar refractivity (Wildman–Crippen MR) is 326 cm³/mol. The molecule has 0 saturated heterocycles. The highest BCUT2D eigenvalue weighted by atomic mass is 16.6. The van der Waals surface area contributed by atoms with Crippen LogP contribution in [0.25, 0.3) is 21.9 Å². The number of carbonyl (C=O) groups excluding carboxylic acids is 8. The van der Waals surface area contributed by atoms with Crippen LogP contribution in [0.2, 0.25) is 0 Å². The Bertz CT molecular complexity index is 3640. The third-order valence-corrected chi connectivity index (χ3v) is 11.8. The monoisotopic (exact) mass is 1160 g/mol. The molecule has 9 rings (SSSR count). The number of carbonyl (C=O) groups is 8. The molecular weight excluding hydrogens is 1100 g/mol. The summed E-state index contributed by atoms with van der Waals surface area (Å²) in [7, 11) is 4.77. The lowest BCUT2D eigenvalue weighted by Gasteiger charge is -2.07. The van der Waals surface area contributed by atoms with Crippen LogP contribution < -0.4 is 28.4 Å². The Kier molecular flexibility index (Phi) is 26.5. The van der Waals surface area contributed by atoms with Crippen molar-refractivity contribution >= 4 is 58.0 Å². The SMILES string of the molecule is CC(=O)Oc1ccc(C(C)=O)cc1.COCCOC(=O)c1ccc(C(=O)Oc2ccc(C(C)=O)cc2)cc1.COc1ccc(-c2ccc(OC(C)=O)cc2)cc1.COc1ccc2cc(C(=O)Oc3ccc(C(C)=O)cc3)ccc2c1.c1ccccc1. The zero-order chi connectivity index (χ0) is 62.4. The van der Waals surface area contributed by atoms with E-state index in [2.05, 4.69) is 0 Å². The van der Waals surface area contributed by atoms with Crippen molar-refractivity contribution in [2.24, 2.45) is 0 Å². The normalized spacial score (nSPS) is 9.91. The molecule has 9 aromatic carbocycles. The highest BCUT2D eigenvalue weighted by Gasteiger charge is 2.14. The first-order valence-electron chi connectivity index (χ1n) is 26.6. The van der Waals surface area contributed by atoms with E-state index < -0.39 is 17.9 Å². The van der Waals surface area contributed by atoms with Gasteiger partial charge >= 0.3 is 29.8 Å². The third-order valence-electron chi connectivity index (χ3n) is 11.8. The van der Waals surface area contributed by atoms with Crippen molar-refractivity contribution in [3.63, 3.8) is 0 Å². The summed E-state index contributed by atoms with van der Waals surface area (Å²) in [5, 5.41) is 1.91. The Hall–Kier alpha value is -10.8. The van der Waals surface area contributed by atoms with E-state index in [1.807, 2.05) is 97.1 Å². The highest BCUT2D eigenvalue weighted by Crippen LogP contribution is 2.26. The first-order valence-corrected chi connectivity index (χ1v) is 26.6. The number of rotatable bonds is 16. The third kappa shape index (κ3) is 22.5. The number of hydrogen-bond donors (Lipinski definition) is 0. The highest BCUT2D eigenvalue weighted by molar-refractivity contribution is 5.98. The maximum Gasteiger partial charge on any atom is 0.343 e. The summed E-state index contributed by atoms with van der Waals surface area (Å²) in [6.45, 7) is 7.64. The number of ketones is 3. The van der Waals surface area contributed by atoms with E-state index in [0.29, 0.717) is 63.0 Å². The van der Waals surface area contributed by atoms with Crippen LogP contribution >= 0.6 is 0 Å². The molecule has 0 atom stereocenters. The Morgan fingerprint density at radius 1 is 0.291 bits per heavy atom. The average Bonchev–Trinajstić information content (AvgIpc) is 3.60. The van der Waals surface area contributed by atoms with Crippen molar-refractivity contribution in [3.05, 3.63) is 252 Å². The Labute approximate surface area is 498 Å². The van der Waals surface area contributed by atoms with Gasteiger partial charge in [0.1, 0.15) is 41.1 Å². The molecule has 9 aromatic rings. The van der Waals surface area contributed by atoms with Crippen LogP contribution in [0.4, 0.5) is 0 Å². The second-order valence-electron chi connectivity index (χ2n) is 18.2. The smallest absolute Gasteiger partial charge is 0.343 e. The number of ether oxygens (including phenoxy) is 8. The maximum absolute atomic E-state index is 12.3. The summed E-state index contributed by atoms with van der Waals surface area (Å²) in [5.74, 6) is 1.07. The molecule has 16 nitrogen and oxygen atoms in total. The number of benzene rings is 9. The first-order chi connectivity index (χ1) is 41.3. The zero-order valence-electron chi connectivity index (χ0n) is 48.7. The van der Waals surface area contributed by atoms with E-state index in [1.165, 1.54) is 66.0 Å². The van der Waals surface area contributed by atoms with Crippen LogP contribution in [0, 0.1) is 0 Å². The van der Waals surface area contributed by atoms with Gasteiger partial charge in [-0.25, -0.2) is 14.4 Å². The number of methoxy groups -OCH3 is 3. The number of hydrogen-bond acceptors (Lipinski definition) is 16. The molecule has 86 heavy (non-hydrogen) atoms. The zero-order valence-corrected chi connectivity index (χ0v) is 48.7. The lowest BCUT2D eigenvalue weighted by molar-refractivity contribution is -0.132. The fraction of sp³-hybridized carbons (Fsp3) is 0.143. The van der Waals surface area contributed by atoms with Crippen molar-refractivity contribution in [1.82, 2.24) is 0 Å². The van der Waals surface area contributed by atoms with Crippen molar-refractivity contribution in [3.8, 4) is 45.6 Å². The summed E-state index contributed by atoms with van der Waals surface area (Å²) in [6, 6.07) is 63.4. The largest absolute Gasteiger partial charge is 0.497 e. The van der Waals surface area contributed by atoms with Crippen LogP contribution in [-0.4, -0.2) is 81.7 Å². The van der Waals surface area contributed by atoms with Crippen molar-refractivity contribution in [2.45, 2.75) is 34.6 Å². The lowest BCUT2D eigenvalue weighted by Crippen LogP contribution is -2.11. The maximum atomic E-state index is 12.3. The lowest BCUT2D eigenvalue weighted by atomic mass is 10.1. The quantitative estimate of drug-likeness (QED) is 0.0381. The van der Waals surface area contributed by atoms with E-state index in [1.54, 1.807) is 111 Å². The molecule has 0 spiro atoms. The average molecular weight is 1160 g/mol. The Morgan fingerprint density at radius 3 is 0.965 bits per heavy atom. The number of esters is 5. The fourth-order valence-corrected chi connectivity index (χ4v) is 7.34. The van der Waals surface area contributed by atoms with Crippen molar-refractivity contribution in [1.29, 1.82) is 0 Å². The Balaban J connectivity index is 0.000000207. The van der Waals surface area contributed by atoms with Gasteiger partial charge in [0.15, 0.2) is 17.3 Å². The molecule has 0 heterocycles. The van der Waals surface area contributed by atoms with Crippen molar-refractivity contribution in [2.75, 3.05) is 34.5 Å². The summed E-state index contributed by atoms with van der Waals surface area (Å²) in [6.07, 6.45) is 0. The van der Waals surface area contributed by atoms with Crippen LogP contribution in [0.15, 0.2) is 218 Å². The molecule has 440 valence electrons. The van der Waals surface area contributed by atoms with Crippen LogP contribution in [0.1, 0.15) is 96.8 Å². The molecule has 0 saturated carbocycles. The number of fused-ring (bicyclic) bond motifs is 1. The number of Topliss-reactive ketones (excluding diaryl/α,β-unsaturated/α-hetero) is 3. The second-order valence-corrected chi connectivity index (χ2v) is 18.2. The fourth-order valence-electron chi connectivity index (χ4n) is 7.34. The molecule has 0 N–H and O–H groups in total. The molecule has 0 aliphatic rings.